The molecule has 0 saturated heterocycles. The van der Waals surface area contributed by atoms with Gasteiger partial charge >= 0.3 is 0 Å². The highest BCUT2D eigenvalue weighted by Crippen LogP contribution is 2.52. The third kappa shape index (κ3) is 1.48. The van der Waals surface area contributed by atoms with Crippen molar-refractivity contribution >= 4 is 16.8 Å². The predicted molar refractivity (Wildman–Crippen MR) is 65.5 cm³/mol. The summed E-state index contributed by atoms with van der Waals surface area (Å²) >= 11 is 6.18. The minimum atomic E-state index is -0.527. The maximum atomic E-state index is 13.8. The molecule has 0 N–H and O–H groups in total. The number of nitrogens with zero attached hydrogens (tertiary/aromatic N) is 1. The monoisotopic (exact) mass is 253 g/mol. The van der Waals surface area contributed by atoms with Gasteiger partial charge in [0.25, 0.3) is 0 Å². The number of halogens is 2. The zero-order chi connectivity index (χ0) is 12.3. The van der Waals surface area contributed by atoms with Crippen molar-refractivity contribution in [2.45, 2.75) is 37.8 Å². The molecule has 1 aromatic carbocycles. The van der Waals surface area contributed by atoms with E-state index in [1.807, 2.05) is 13.8 Å². The van der Waals surface area contributed by atoms with Gasteiger partial charge in [-0.15, -0.1) is 0 Å². The van der Waals surface area contributed by atoms with Crippen LogP contribution in [0.3, 0.4) is 0 Å². The molecule has 1 fully saturated rings. The van der Waals surface area contributed by atoms with Crippen molar-refractivity contribution in [1.82, 2.24) is 0 Å². The van der Waals surface area contributed by atoms with Gasteiger partial charge in [-0.3, -0.25) is 4.99 Å². The van der Waals surface area contributed by atoms with Gasteiger partial charge < -0.3 is 4.74 Å². The van der Waals surface area contributed by atoms with Crippen LogP contribution >= 0.6 is 11.6 Å². The van der Waals surface area contributed by atoms with E-state index in [-0.39, 0.29) is 17.1 Å². The topological polar surface area (TPSA) is 21.6 Å². The standard InChI is InChI=1S/C13H13ClFNO/c1-12(2)13(6-7-13)16-11(14)8-4-3-5-9(15)10(8)17-12/h3-5H,6-7H2,1-2H3. The summed E-state index contributed by atoms with van der Waals surface area (Å²) in [5, 5.41) is 0.350. The summed E-state index contributed by atoms with van der Waals surface area (Å²) in [6.07, 6.45) is 1.87. The van der Waals surface area contributed by atoms with Crippen LogP contribution in [-0.2, 0) is 0 Å². The average molecular weight is 254 g/mol. The van der Waals surface area contributed by atoms with Crippen LogP contribution in [0.25, 0.3) is 0 Å². The number of rotatable bonds is 0. The van der Waals surface area contributed by atoms with Crippen molar-refractivity contribution in [1.29, 1.82) is 0 Å². The summed E-state index contributed by atoms with van der Waals surface area (Å²) in [5.41, 5.74) is -0.264. The lowest BCUT2D eigenvalue weighted by molar-refractivity contribution is 0.0679. The van der Waals surface area contributed by atoms with E-state index in [0.717, 1.165) is 12.8 Å². The van der Waals surface area contributed by atoms with Crippen LogP contribution in [0.1, 0.15) is 32.3 Å². The Balaban J connectivity index is 2.21. The molecule has 1 saturated carbocycles. The summed E-state index contributed by atoms with van der Waals surface area (Å²) in [5.74, 6) is -0.170. The van der Waals surface area contributed by atoms with E-state index in [0.29, 0.717) is 10.7 Å². The van der Waals surface area contributed by atoms with Gasteiger partial charge in [-0.2, -0.15) is 0 Å². The Kier molecular flexibility index (Phi) is 2.09. The van der Waals surface area contributed by atoms with Crippen LogP contribution in [0.2, 0.25) is 0 Å². The number of aliphatic imine (C=N–C) groups is 1. The summed E-state index contributed by atoms with van der Waals surface area (Å²) in [7, 11) is 0. The van der Waals surface area contributed by atoms with E-state index in [2.05, 4.69) is 4.99 Å². The molecule has 0 atom stereocenters. The van der Waals surface area contributed by atoms with Gasteiger partial charge in [0.1, 0.15) is 16.3 Å². The van der Waals surface area contributed by atoms with Crippen molar-refractivity contribution in [3.63, 3.8) is 0 Å². The molecule has 0 unspecified atom stereocenters. The number of para-hydroxylation sites is 1. The smallest absolute Gasteiger partial charge is 0.166 e. The molecule has 1 heterocycles. The zero-order valence-electron chi connectivity index (χ0n) is 9.76. The van der Waals surface area contributed by atoms with Gasteiger partial charge in [-0.25, -0.2) is 4.39 Å². The number of fused-ring (bicyclic) bond motifs is 1. The minimum absolute atomic E-state index is 0.218. The van der Waals surface area contributed by atoms with Gasteiger partial charge in [-0.1, -0.05) is 17.7 Å². The summed E-state index contributed by atoms with van der Waals surface area (Å²) < 4.78 is 19.7. The Bertz CT molecular complexity index is 520. The van der Waals surface area contributed by atoms with Crippen LogP contribution in [-0.4, -0.2) is 16.3 Å². The lowest BCUT2D eigenvalue weighted by atomic mass is 9.96. The highest BCUT2D eigenvalue weighted by Gasteiger charge is 2.58. The first-order valence-corrected chi connectivity index (χ1v) is 6.06. The second kappa shape index (κ2) is 3.22. The Morgan fingerprint density at radius 3 is 2.71 bits per heavy atom. The first kappa shape index (κ1) is 11.0. The molecule has 1 spiro atoms. The molecule has 0 radical (unpaired) electrons. The quantitative estimate of drug-likeness (QED) is 0.693. The van der Waals surface area contributed by atoms with Gasteiger partial charge in [0.15, 0.2) is 11.6 Å². The van der Waals surface area contributed by atoms with Crippen molar-refractivity contribution < 1.29 is 9.13 Å². The van der Waals surface area contributed by atoms with Crippen LogP contribution in [0, 0.1) is 5.82 Å². The molecule has 0 bridgehead atoms. The highest BCUT2D eigenvalue weighted by molar-refractivity contribution is 6.70. The molecule has 17 heavy (non-hydrogen) atoms. The fourth-order valence-electron chi connectivity index (χ4n) is 2.34. The molecule has 1 aromatic rings. The van der Waals surface area contributed by atoms with Gasteiger partial charge in [0.2, 0.25) is 0 Å². The molecule has 4 heteroatoms. The lowest BCUT2D eigenvalue weighted by Crippen LogP contribution is -2.42. The van der Waals surface area contributed by atoms with Crippen molar-refractivity contribution in [3.05, 3.63) is 29.6 Å². The number of hydrogen-bond acceptors (Lipinski definition) is 2. The van der Waals surface area contributed by atoms with Gasteiger partial charge in [0.05, 0.1) is 5.56 Å². The van der Waals surface area contributed by atoms with E-state index in [9.17, 15) is 4.39 Å². The third-order valence-electron chi connectivity index (χ3n) is 3.70. The Morgan fingerprint density at radius 2 is 2.06 bits per heavy atom. The maximum absolute atomic E-state index is 13.8. The SMILES string of the molecule is CC1(C)Oc2c(F)cccc2C(Cl)=NC12CC2. The molecular weight excluding hydrogens is 241 g/mol. The largest absolute Gasteiger partial charge is 0.481 e. The Labute approximate surface area is 104 Å². The van der Waals surface area contributed by atoms with Crippen LogP contribution in [0.5, 0.6) is 5.75 Å². The fourth-order valence-corrected chi connectivity index (χ4v) is 2.65. The molecule has 2 nitrogen and oxygen atoms in total. The molecule has 0 amide bonds. The fraction of sp³-hybridized carbons (Fsp3) is 0.462. The first-order chi connectivity index (χ1) is 7.95. The van der Waals surface area contributed by atoms with E-state index < -0.39 is 5.60 Å². The van der Waals surface area contributed by atoms with E-state index in [4.69, 9.17) is 16.3 Å². The average Bonchev–Trinajstić information content (AvgIpc) is 3.01. The Morgan fingerprint density at radius 1 is 1.35 bits per heavy atom. The lowest BCUT2D eigenvalue weighted by Gasteiger charge is -2.31. The van der Waals surface area contributed by atoms with E-state index in [1.54, 1.807) is 12.1 Å². The molecule has 3 rings (SSSR count). The molecule has 90 valence electrons. The summed E-state index contributed by atoms with van der Waals surface area (Å²) in [4.78, 5) is 4.55. The second-order valence-electron chi connectivity index (χ2n) is 5.16. The third-order valence-corrected chi connectivity index (χ3v) is 3.99. The first-order valence-electron chi connectivity index (χ1n) is 5.68. The van der Waals surface area contributed by atoms with Gasteiger partial charge in [-0.05, 0) is 38.8 Å². The minimum Gasteiger partial charge on any atom is -0.481 e. The van der Waals surface area contributed by atoms with Crippen molar-refractivity contribution in [3.8, 4) is 5.75 Å². The molecule has 0 aromatic heterocycles. The van der Waals surface area contributed by atoms with Crippen LogP contribution in [0.15, 0.2) is 23.2 Å². The number of hydrogen-bond donors (Lipinski definition) is 0. The zero-order valence-corrected chi connectivity index (χ0v) is 10.5. The summed E-state index contributed by atoms with van der Waals surface area (Å²) in [6, 6.07) is 4.74. The number of ether oxygens (including phenoxy) is 1. The van der Waals surface area contributed by atoms with Crippen molar-refractivity contribution in [2.75, 3.05) is 0 Å². The highest BCUT2D eigenvalue weighted by atomic mass is 35.5. The van der Waals surface area contributed by atoms with E-state index >= 15 is 0 Å². The van der Waals surface area contributed by atoms with Crippen molar-refractivity contribution in [2.24, 2.45) is 4.99 Å². The summed E-state index contributed by atoms with van der Waals surface area (Å²) in [6.45, 7) is 3.88. The molecule has 2 aliphatic rings. The van der Waals surface area contributed by atoms with Crippen LogP contribution in [0.4, 0.5) is 4.39 Å². The van der Waals surface area contributed by atoms with Gasteiger partial charge in [0, 0.05) is 0 Å². The number of benzene rings is 1. The van der Waals surface area contributed by atoms with E-state index in [1.165, 1.54) is 6.07 Å². The second-order valence-corrected chi connectivity index (χ2v) is 5.52. The van der Waals surface area contributed by atoms with Crippen LogP contribution < -0.4 is 4.74 Å². The molecular formula is C13H13ClFNO. The Hall–Kier alpha value is -1.09. The molecule has 1 aliphatic heterocycles. The maximum Gasteiger partial charge on any atom is 0.166 e. The molecule has 1 aliphatic carbocycles. The normalized spacial score (nSPS) is 23.4. The predicted octanol–water partition coefficient (Wildman–Crippen LogP) is 3.51.